The lowest BCUT2D eigenvalue weighted by Gasteiger charge is -2.15. The van der Waals surface area contributed by atoms with E-state index < -0.39 is 9.84 Å². The van der Waals surface area contributed by atoms with Crippen LogP contribution in [0.4, 0.5) is 10.7 Å². The molecule has 1 heterocycles. The summed E-state index contributed by atoms with van der Waals surface area (Å²) in [6.45, 7) is 2.51. The summed E-state index contributed by atoms with van der Waals surface area (Å²) in [6, 6.07) is 0. The zero-order chi connectivity index (χ0) is 14.1. The third-order valence-electron chi connectivity index (χ3n) is 2.51. The lowest BCUT2D eigenvalue weighted by Crippen LogP contribution is -2.18. The fraction of sp³-hybridized carbons (Fsp3) is 0.500. The van der Waals surface area contributed by atoms with Crippen molar-refractivity contribution < 1.29 is 13.2 Å². The van der Waals surface area contributed by atoms with Crippen LogP contribution in [0.3, 0.4) is 0 Å². The van der Waals surface area contributed by atoms with Crippen molar-refractivity contribution in [3.05, 3.63) is 4.88 Å². The van der Waals surface area contributed by atoms with Crippen LogP contribution < -0.4 is 16.0 Å². The molecule has 0 spiro atoms. The topological polar surface area (TPSA) is 92.5 Å². The molecule has 1 amide bonds. The summed E-state index contributed by atoms with van der Waals surface area (Å²) in [4.78, 5) is 13.7. The Kier molecular flexibility index (Phi) is 4.23. The molecule has 6 nitrogen and oxygen atoms in total. The molecule has 0 aliphatic carbocycles. The number of hydrogen-bond donors (Lipinski definition) is 2. The number of nitrogens with zero attached hydrogens (tertiary/aromatic N) is 1. The Bertz CT molecular complexity index is 563. The fourth-order valence-electron chi connectivity index (χ4n) is 1.45. The SMILES string of the molecule is CCN(C)c1sc(C(=O)NC)c(N)c1S(C)(=O)=O. The van der Waals surface area contributed by atoms with Crippen LogP contribution in [-0.2, 0) is 9.84 Å². The molecule has 0 unspecified atom stereocenters. The van der Waals surface area contributed by atoms with E-state index in [9.17, 15) is 13.2 Å². The van der Waals surface area contributed by atoms with E-state index in [-0.39, 0.29) is 21.4 Å². The van der Waals surface area contributed by atoms with Gasteiger partial charge in [0.05, 0.1) is 5.69 Å². The van der Waals surface area contributed by atoms with Crippen LogP contribution in [0.2, 0.25) is 0 Å². The molecule has 0 bridgehead atoms. The molecule has 8 heteroatoms. The van der Waals surface area contributed by atoms with Gasteiger partial charge in [-0.3, -0.25) is 4.79 Å². The van der Waals surface area contributed by atoms with Gasteiger partial charge >= 0.3 is 0 Å². The smallest absolute Gasteiger partial charge is 0.263 e. The number of nitrogens with one attached hydrogen (secondary N) is 1. The Labute approximate surface area is 111 Å². The van der Waals surface area contributed by atoms with Gasteiger partial charge in [-0.25, -0.2) is 8.42 Å². The first-order chi connectivity index (χ1) is 8.23. The number of rotatable bonds is 4. The Balaban J connectivity index is 3.56. The van der Waals surface area contributed by atoms with E-state index in [1.165, 1.54) is 7.05 Å². The van der Waals surface area contributed by atoms with Crippen molar-refractivity contribution in [3.8, 4) is 0 Å². The molecule has 1 rings (SSSR count). The Hall–Kier alpha value is -1.28. The highest BCUT2D eigenvalue weighted by Gasteiger charge is 2.28. The highest BCUT2D eigenvalue weighted by Crippen LogP contribution is 2.40. The summed E-state index contributed by atoms with van der Waals surface area (Å²) in [5.74, 6) is -0.377. The van der Waals surface area contributed by atoms with Crippen LogP contribution in [0.15, 0.2) is 4.90 Å². The molecule has 3 N–H and O–H groups in total. The summed E-state index contributed by atoms with van der Waals surface area (Å²) in [6.07, 6.45) is 1.09. The number of nitrogen functional groups attached to an aromatic ring is 1. The molecule has 0 aliphatic heterocycles. The van der Waals surface area contributed by atoms with Crippen molar-refractivity contribution in [2.24, 2.45) is 0 Å². The molecule has 1 aromatic rings. The zero-order valence-corrected chi connectivity index (χ0v) is 12.4. The van der Waals surface area contributed by atoms with Gasteiger partial charge in [0.2, 0.25) is 0 Å². The third kappa shape index (κ3) is 2.59. The maximum Gasteiger partial charge on any atom is 0.263 e. The molecule has 0 atom stereocenters. The predicted molar refractivity (Wildman–Crippen MR) is 74.2 cm³/mol. The van der Waals surface area contributed by atoms with E-state index in [1.807, 2.05) is 6.92 Å². The maximum atomic E-state index is 11.8. The van der Waals surface area contributed by atoms with Gasteiger partial charge in [0.25, 0.3) is 5.91 Å². The predicted octanol–water partition coefficient (Wildman–Crippen LogP) is 0.550. The Morgan fingerprint density at radius 2 is 2.06 bits per heavy atom. The average Bonchev–Trinajstić information content (AvgIpc) is 2.64. The van der Waals surface area contributed by atoms with Gasteiger partial charge in [-0.1, -0.05) is 0 Å². The molecular weight excluding hydrogens is 274 g/mol. The van der Waals surface area contributed by atoms with Crippen molar-refractivity contribution in [2.45, 2.75) is 11.8 Å². The van der Waals surface area contributed by atoms with Crippen LogP contribution in [0, 0.1) is 0 Å². The number of carbonyl (C=O) groups excluding carboxylic acids is 1. The minimum atomic E-state index is -3.48. The van der Waals surface area contributed by atoms with Gasteiger partial charge in [0, 0.05) is 26.9 Å². The normalized spacial score (nSPS) is 11.3. The summed E-state index contributed by atoms with van der Waals surface area (Å²) >= 11 is 1.09. The van der Waals surface area contributed by atoms with E-state index >= 15 is 0 Å². The molecule has 0 saturated carbocycles. The second-order valence-electron chi connectivity index (χ2n) is 3.84. The summed E-state index contributed by atoms with van der Waals surface area (Å²) in [5, 5.41) is 2.95. The number of hydrogen-bond acceptors (Lipinski definition) is 6. The van der Waals surface area contributed by atoms with E-state index in [0.717, 1.165) is 17.6 Å². The molecular formula is C10H17N3O3S2. The zero-order valence-electron chi connectivity index (χ0n) is 10.8. The van der Waals surface area contributed by atoms with E-state index in [0.29, 0.717) is 11.5 Å². The minimum Gasteiger partial charge on any atom is -0.396 e. The quantitative estimate of drug-likeness (QED) is 0.845. The summed E-state index contributed by atoms with van der Waals surface area (Å²) in [7, 11) is -0.242. The van der Waals surface area contributed by atoms with E-state index in [4.69, 9.17) is 5.73 Å². The molecule has 0 saturated heterocycles. The van der Waals surface area contributed by atoms with Gasteiger partial charge in [0.15, 0.2) is 9.84 Å². The first-order valence-electron chi connectivity index (χ1n) is 5.29. The van der Waals surface area contributed by atoms with Crippen molar-refractivity contribution in [1.82, 2.24) is 5.32 Å². The first-order valence-corrected chi connectivity index (χ1v) is 8.00. The Morgan fingerprint density at radius 3 is 2.44 bits per heavy atom. The van der Waals surface area contributed by atoms with Crippen LogP contribution in [0.1, 0.15) is 16.6 Å². The molecule has 102 valence electrons. The monoisotopic (exact) mass is 291 g/mol. The number of nitrogens with two attached hydrogens (primary N) is 1. The van der Waals surface area contributed by atoms with Gasteiger partial charge in [0.1, 0.15) is 14.8 Å². The largest absolute Gasteiger partial charge is 0.396 e. The number of carbonyl (C=O) groups is 1. The lowest BCUT2D eigenvalue weighted by molar-refractivity contribution is 0.0968. The third-order valence-corrected chi connectivity index (χ3v) is 5.11. The lowest BCUT2D eigenvalue weighted by atomic mass is 10.3. The Morgan fingerprint density at radius 1 is 1.50 bits per heavy atom. The minimum absolute atomic E-state index is 0.0251. The molecule has 0 aromatic carbocycles. The molecule has 18 heavy (non-hydrogen) atoms. The van der Waals surface area contributed by atoms with Crippen molar-refractivity contribution >= 4 is 37.8 Å². The maximum absolute atomic E-state index is 11.8. The average molecular weight is 291 g/mol. The van der Waals surface area contributed by atoms with Gasteiger partial charge < -0.3 is 16.0 Å². The van der Waals surface area contributed by atoms with Gasteiger partial charge in [-0.15, -0.1) is 11.3 Å². The highest BCUT2D eigenvalue weighted by atomic mass is 32.2. The van der Waals surface area contributed by atoms with Gasteiger partial charge in [-0.2, -0.15) is 0 Å². The summed E-state index contributed by atoms with van der Waals surface area (Å²) < 4.78 is 23.6. The van der Waals surface area contributed by atoms with E-state index in [2.05, 4.69) is 5.32 Å². The van der Waals surface area contributed by atoms with Crippen LogP contribution in [-0.4, -0.2) is 41.2 Å². The van der Waals surface area contributed by atoms with Crippen molar-refractivity contribution in [2.75, 3.05) is 37.5 Å². The van der Waals surface area contributed by atoms with Crippen LogP contribution >= 0.6 is 11.3 Å². The van der Waals surface area contributed by atoms with Gasteiger partial charge in [-0.05, 0) is 6.92 Å². The standard InChI is InChI=1S/C10H17N3O3S2/c1-5-13(3)10-8(18(4,15)16)6(11)7(17-10)9(14)12-2/h5,11H2,1-4H3,(H,12,14). The molecule has 1 aromatic heterocycles. The number of anilines is 2. The van der Waals surface area contributed by atoms with Crippen LogP contribution in [0.25, 0.3) is 0 Å². The first kappa shape index (κ1) is 14.8. The molecule has 0 fully saturated rings. The highest BCUT2D eigenvalue weighted by molar-refractivity contribution is 7.91. The molecule has 0 radical (unpaired) electrons. The number of amides is 1. The fourth-order valence-corrected chi connectivity index (χ4v) is 4.16. The van der Waals surface area contributed by atoms with Crippen molar-refractivity contribution in [3.63, 3.8) is 0 Å². The number of sulfone groups is 1. The summed E-state index contributed by atoms with van der Waals surface area (Å²) in [5.41, 5.74) is 5.83. The number of thiophene rings is 1. The van der Waals surface area contributed by atoms with E-state index in [1.54, 1.807) is 11.9 Å². The molecule has 0 aliphatic rings. The van der Waals surface area contributed by atoms with Crippen LogP contribution in [0.5, 0.6) is 0 Å². The van der Waals surface area contributed by atoms with Crippen molar-refractivity contribution in [1.29, 1.82) is 0 Å². The second-order valence-corrected chi connectivity index (χ2v) is 6.80. The second kappa shape index (κ2) is 5.15.